The first kappa shape index (κ1) is 24.0. The summed E-state index contributed by atoms with van der Waals surface area (Å²) in [6.07, 6.45) is 1.36. The highest BCUT2D eigenvalue weighted by Crippen LogP contribution is 2.23. The number of nitrogens with one attached hydrogen (secondary N) is 1. The van der Waals surface area contributed by atoms with E-state index in [4.69, 9.17) is 16.1 Å². The maximum absolute atomic E-state index is 13.1. The van der Waals surface area contributed by atoms with Crippen molar-refractivity contribution in [3.63, 3.8) is 0 Å². The third kappa shape index (κ3) is 4.84. The van der Waals surface area contributed by atoms with Crippen molar-refractivity contribution in [3.05, 3.63) is 81.6 Å². The Morgan fingerprint density at radius 2 is 1.89 bits per heavy atom. The summed E-state index contributed by atoms with van der Waals surface area (Å²) in [6.45, 7) is 3.78. The predicted molar refractivity (Wildman–Crippen MR) is 137 cm³/mol. The number of carbonyl (C=O) groups is 1. The van der Waals surface area contributed by atoms with Crippen LogP contribution in [0.2, 0.25) is 5.02 Å². The zero-order valence-corrected chi connectivity index (χ0v) is 20.9. The lowest BCUT2D eigenvalue weighted by molar-refractivity contribution is -0.121. The maximum atomic E-state index is 13.1. The van der Waals surface area contributed by atoms with E-state index in [0.717, 1.165) is 24.3 Å². The summed E-state index contributed by atoms with van der Waals surface area (Å²) in [5, 5.41) is 7.58. The van der Waals surface area contributed by atoms with Crippen LogP contribution in [0.5, 0.6) is 0 Å². The van der Waals surface area contributed by atoms with Crippen LogP contribution in [0.3, 0.4) is 0 Å². The molecule has 0 aliphatic carbocycles. The first-order chi connectivity index (χ1) is 17.4. The standard InChI is InChI=1S/C26H27ClN6O3/c1-17-23(26(35)33(31(17)2)21-9-4-3-5-10-21)29-25(34)18-11-13-32(14-12-18)16-22-28-24(30-36-22)19-7-6-8-20(27)15-19/h3-10,15,18H,11-14,16H2,1-2H3,(H,29,34). The van der Waals surface area contributed by atoms with Crippen LogP contribution in [0.1, 0.15) is 24.4 Å². The first-order valence-corrected chi connectivity index (χ1v) is 12.2. The summed E-state index contributed by atoms with van der Waals surface area (Å²) in [4.78, 5) is 32.8. The molecule has 36 heavy (non-hydrogen) atoms. The number of aromatic nitrogens is 4. The molecule has 2 aromatic heterocycles. The zero-order chi connectivity index (χ0) is 25.2. The molecule has 1 amide bonds. The monoisotopic (exact) mass is 506 g/mol. The molecule has 2 aromatic carbocycles. The molecule has 1 aliphatic heterocycles. The average molecular weight is 507 g/mol. The molecule has 0 unspecified atom stereocenters. The van der Waals surface area contributed by atoms with Crippen molar-refractivity contribution in [2.24, 2.45) is 13.0 Å². The number of rotatable bonds is 6. The number of halogens is 1. The van der Waals surface area contributed by atoms with Crippen LogP contribution in [0.15, 0.2) is 63.9 Å². The lowest BCUT2D eigenvalue weighted by Crippen LogP contribution is -2.38. The Balaban J connectivity index is 1.20. The van der Waals surface area contributed by atoms with Gasteiger partial charge < -0.3 is 9.84 Å². The molecule has 10 heteroatoms. The van der Waals surface area contributed by atoms with Gasteiger partial charge in [0.25, 0.3) is 5.56 Å². The minimum absolute atomic E-state index is 0.123. The quantitative estimate of drug-likeness (QED) is 0.424. The summed E-state index contributed by atoms with van der Waals surface area (Å²) in [6, 6.07) is 16.7. The maximum Gasteiger partial charge on any atom is 0.295 e. The Morgan fingerprint density at radius 1 is 1.14 bits per heavy atom. The molecule has 9 nitrogen and oxygen atoms in total. The number of hydrogen-bond donors (Lipinski definition) is 1. The molecule has 5 rings (SSSR count). The van der Waals surface area contributed by atoms with Crippen LogP contribution in [-0.2, 0) is 18.4 Å². The minimum Gasteiger partial charge on any atom is -0.338 e. The Kier molecular flexibility index (Phi) is 6.75. The van der Waals surface area contributed by atoms with Gasteiger partial charge in [0.1, 0.15) is 5.69 Å². The van der Waals surface area contributed by atoms with E-state index in [-0.39, 0.29) is 17.4 Å². The van der Waals surface area contributed by atoms with E-state index >= 15 is 0 Å². The van der Waals surface area contributed by atoms with Gasteiger partial charge in [-0.3, -0.25) is 19.2 Å². The third-order valence-corrected chi connectivity index (χ3v) is 6.91. The Bertz CT molecular complexity index is 1430. The van der Waals surface area contributed by atoms with Gasteiger partial charge in [0.05, 0.1) is 17.9 Å². The molecule has 0 atom stereocenters. The SMILES string of the molecule is Cc1c(NC(=O)C2CCN(Cc3nc(-c4cccc(Cl)c4)no3)CC2)c(=O)n(-c2ccccc2)n1C. The molecule has 1 fully saturated rings. The first-order valence-electron chi connectivity index (χ1n) is 11.9. The van der Waals surface area contributed by atoms with Crippen LogP contribution < -0.4 is 10.9 Å². The van der Waals surface area contributed by atoms with Gasteiger partial charge in [0, 0.05) is 23.6 Å². The molecule has 0 bridgehead atoms. The van der Waals surface area contributed by atoms with Crippen molar-refractivity contribution in [2.75, 3.05) is 18.4 Å². The summed E-state index contributed by atoms with van der Waals surface area (Å²) >= 11 is 6.05. The summed E-state index contributed by atoms with van der Waals surface area (Å²) in [7, 11) is 1.81. The lowest BCUT2D eigenvalue weighted by atomic mass is 9.96. The molecule has 1 N–H and O–H groups in total. The van der Waals surface area contributed by atoms with Crippen LogP contribution >= 0.6 is 11.6 Å². The summed E-state index contributed by atoms with van der Waals surface area (Å²) < 4.78 is 8.75. The van der Waals surface area contributed by atoms with E-state index in [1.54, 1.807) is 21.5 Å². The van der Waals surface area contributed by atoms with Gasteiger partial charge in [0.15, 0.2) is 0 Å². The Morgan fingerprint density at radius 3 is 2.61 bits per heavy atom. The van der Waals surface area contributed by atoms with E-state index < -0.39 is 0 Å². The lowest BCUT2D eigenvalue weighted by Gasteiger charge is -2.30. The van der Waals surface area contributed by atoms with Gasteiger partial charge in [-0.1, -0.05) is 47.1 Å². The minimum atomic E-state index is -0.237. The van der Waals surface area contributed by atoms with E-state index in [2.05, 4.69) is 20.4 Å². The van der Waals surface area contributed by atoms with Crippen molar-refractivity contribution in [1.29, 1.82) is 0 Å². The number of anilines is 1. The normalized spacial score (nSPS) is 14.8. The smallest absolute Gasteiger partial charge is 0.295 e. The van der Waals surface area contributed by atoms with E-state index in [1.807, 2.05) is 56.4 Å². The highest BCUT2D eigenvalue weighted by atomic mass is 35.5. The number of para-hydroxylation sites is 1. The van der Waals surface area contributed by atoms with E-state index in [0.29, 0.717) is 47.5 Å². The Hall–Kier alpha value is -3.69. The second-order valence-corrected chi connectivity index (χ2v) is 9.43. The van der Waals surface area contributed by atoms with Crippen molar-refractivity contribution in [2.45, 2.75) is 26.3 Å². The van der Waals surface area contributed by atoms with E-state index in [9.17, 15) is 9.59 Å². The highest BCUT2D eigenvalue weighted by molar-refractivity contribution is 6.30. The summed E-state index contributed by atoms with van der Waals surface area (Å²) in [5.41, 5.74) is 2.35. The molecular weight excluding hydrogens is 480 g/mol. The number of benzene rings is 2. The van der Waals surface area contributed by atoms with Crippen molar-refractivity contribution in [1.82, 2.24) is 24.4 Å². The number of likely N-dealkylation sites (tertiary alicyclic amines) is 1. The van der Waals surface area contributed by atoms with Gasteiger partial charge in [0.2, 0.25) is 17.6 Å². The fourth-order valence-electron chi connectivity index (χ4n) is 4.55. The fraction of sp³-hybridized carbons (Fsp3) is 0.308. The van der Waals surface area contributed by atoms with Crippen LogP contribution in [-0.4, -0.2) is 43.4 Å². The molecule has 0 spiro atoms. The molecule has 0 saturated carbocycles. The number of hydrogen-bond acceptors (Lipinski definition) is 6. The van der Waals surface area contributed by atoms with Crippen LogP contribution in [0, 0.1) is 12.8 Å². The average Bonchev–Trinajstić information content (AvgIpc) is 3.43. The van der Waals surface area contributed by atoms with Crippen molar-refractivity contribution >= 4 is 23.2 Å². The fourth-order valence-corrected chi connectivity index (χ4v) is 4.74. The largest absolute Gasteiger partial charge is 0.338 e. The predicted octanol–water partition coefficient (Wildman–Crippen LogP) is 4.04. The zero-order valence-electron chi connectivity index (χ0n) is 20.1. The van der Waals surface area contributed by atoms with E-state index in [1.165, 1.54) is 0 Å². The number of piperidine rings is 1. The molecule has 1 aliphatic rings. The molecule has 0 radical (unpaired) electrons. The molecular formula is C26H27ClN6O3. The molecule has 3 heterocycles. The van der Waals surface area contributed by atoms with Crippen LogP contribution in [0.4, 0.5) is 5.69 Å². The van der Waals surface area contributed by atoms with Gasteiger partial charge in [-0.2, -0.15) is 4.98 Å². The topological polar surface area (TPSA) is 98.2 Å². The van der Waals surface area contributed by atoms with Crippen LogP contribution in [0.25, 0.3) is 17.1 Å². The van der Waals surface area contributed by atoms with Gasteiger partial charge in [-0.25, -0.2) is 4.68 Å². The molecule has 186 valence electrons. The number of amides is 1. The van der Waals surface area contributed by atoms with Gasteiger partial charge in [-0.15, -0.1) is 0 Å². The Labute approximate surface area is 213 Å². The van der Waals surface area contributed by atoms with Gasteiger partial charge >= 0.3 is 0 Å². The van der Waals surface area contributed by atoms with Crippen molar-refractivity contribution < 1.29 is 9.32 Å². The molecule has 4 aromatic rings. The number of nitrogens with zero attached hydrogens (tertiary/aromatic N) is 5. The third-order valence-electron chi connectivity index (χ3n) is 6.67. The second-order valence-electron chi connectivity index (χ2n) is 9.00. The number of carbonyl (C=O) groups excluding carboxylic acids is 1. The summed E-state index contributed by atoms with van der Waals surface area (Å²) in [5.74, 6) is 0.729. The van der Waals surface area contributed by atoms with Crippen molar-refractivity contribution in [3.8, 4) is 17.1 Å². The van der Waals surface area contributed by atoms with Gasteiger partial charge in [-0.05, 0) is 57.1 Å². The second kappa shape index (κ2) is 10.1. The molecule has 1 saturated heterocycles. The highest BCUT2D eigenvalue weighted by Gasteiger charge is 2.28.